The molecular weight excluding hydrogens is 313 g/mol. The summed E-state index contributed by atoms with van der Waals surface area (Å²) in [5, 5.41) is 3.94. The maximum absolute atomic E-state index is 12.7. The van der Waals surface area contributed by atoms with E-state index in [0.717, 1.165) is 11.3 Å². The average molecular weight is 326 g/mol. The first-order valence-corrected chi connectivity index (χ1v) is 7.00. The largest absolute Gasteiger partial charge is 0.417 e. The summed E-state index contributed by atoms with van der Waals surface area (Å²) in [6.07, 6.45) is -8.32. The average Bonchev–Trinajstić information content (AvgIpc) is 2.83. The topological polar surface area (TPSA) is 80.4 Å². The van der Waals surface area contributed by atoms with Gasteiger partial charge in [0, 0.05) is 24.0 Å². The minimum Gasteiger partial charge on any atom is -0.363 e. The lowest BCUT2D eigenvalue weighted by molar-refractivity contribution is -0.272. The van der Waals surface area contributed by atoms with Crippen molar-refractivity contribution in [2.24, 2.45) is 0 Å². The molecule has 0 saturated carbocycles. The highest BCUT2D eigenvalue weighted by Crippen LogP contribution is 2.28. The fraction of sp³-hybridized carbons (Fsp3) is 0.636. The number of hydrogen-bond acceptors (Lipinski definition) is 5. The van der Waals surface area contributed by atoms with Crippen molar-refractivity contribution in [1.82, 2.24) is 10.3 Å². The van der Waals surface area contributed by atoms with Gasteiger partial charge in [-0.15, -0.1) is 0 Å². The highest BCUT2D eigenvalue weighted by molar-refractivity contribution is 7.07. The summed E-state index contributed by atoms with van der Waals surface area (Å²) in [7, 11) is 0. The molecule has 1 aliphatic rings. The smallest absolute Gasteiger partial charge is 0.363 e. The van der Waals surface area contributed by atoms with Crippen molar-refractivity contribution >= 4 is 17.2 Å². The van der Waals surface area contributed by atoms with E-state index in [9.17, 15) is 22.8 Å². The quantitative estimate of drug-likeness (QED) is 0.841. The van der Waals surface area contributed by atoms with Gasteiger partial charge in [-0.05, 0) is 0 Å². The van der Waals surface area contributed by atoms with Gasteiger partial charge in [0.1, 0.15) is 0 Å². The maximum Gasteiger partial charge on any atom is 0.417 e. The summed E-state index contributed by atoms with van der Waals surface area (Å²) in [5.41, 5.74) is 0.610. The molecule has 2 rings (SSSR count). The first-order chi connectivity index (χ1) is 9.88. The Morgan fingerprint density at radius 1 is 1.43 bits per heavy atom. The Morgan fingerprint density at radius 3 is 2.76 bits per heavy atom. The number of halogens is 3. The van der Waals surface area contributed by atoms with Crippen LogP contribution in [0.5, 0.6) is 0 Å². The van der Waals surface area contributed by atoms with Gasteiger partial charge in [0.25, 0.3) is 5.91 Å². The number of aromatic nitrogens is 1. The molecule has 2 heterocycles. The number of thiazole rings is 1. The Balaban J connectivity index is 1.87. The van der Waals surface area contributed by atoms with Crippen LogP contribution in [-0.4, -0.2) is 49.0 Å². The summed E-state index contributed by atoms with van der Waals surface area (Å²) < 4.78 is 47.6. The fourth-order valence-corrected chi connectivity index (χ4v) is 2.48. The van der Waals surface area contributed by atoms with E-state index in [-0.39, 0.29) is 24.6 Å². The first-order valence-electron chi connectivity index (χ1n) is 6.12. The number of carbonyl (C=O) groups excluding carboxylic acids is 1. The van der Waals surface area contributed by atoms with Crippen LogP contribution < -0.4 is 10.2 Å². The van der Waals surface area contributed by atoms with Crippen molar-refractivity contribution < 1.29 is 27.4 Å². The van der Waals surface area contributed by atoms with Gasteiger partial charge in [0.05, 0.1) is 13.2 Å². The number of H-pyrrole nitrogens is 1. The van der Waals surface area contributed by atoms with Crippen molar-refractivity contribution in [3.63, 3.8) is 0 Å². The van der Waals surface area contributed by atoms with Gasteiger partial charge < -0.3 is 19.8 Å². The van der Waals surface area contributed by atoms with Crippen LogP contribution in [0.25, 0.3) is 0 Å². The molecule has 2 N–H and O–H groups in total. The van der Waals surface area contributed by atoms with Crippen molar-refractivity contribution in [3.05, 3.63) is 20.7 Å². The highest BCUT2D eigenvalue weighted by atomic mass is 32.1. The number of aromatic amines is 1. The van der Waals surface area contributed by atoms with Gasteiger partial charge in [-0.2, -0.15) is 13.2 Å². The Kier molecular flexibility index (Phi) is 5.01. The second-order valence-corrected chi connectivity index (χ2v) is 5.18. The fourth-order valence-electron chi connectivity index (χ4n) is 1.86. The molecule has 0 aromatic carbocycles. The lowest BCUT2D eigenvalue weighted by Crippen LogP contribution is -2.55. The lowest BCUT2D eigenvalue weighted by Gasteiger charge is -2.32. The number of ether oxygens (including phenoxy) is 2. The molecule has 21 heavy (non-hydrogen) atoms. The van der Waals surface area contributed by atoms with E-state index in [0.29, 0.717) is 12.1 Å². The molecule has 0 aliphatic carbocycles. The van der Waals surface area contributed by atoms with Gasteiger partial charge in [-0.3, -0.25) is 9.59 Å². The van der Waals surface area contributed by atoms with Gasteiger partial charge in [-0.25, -0.2) is 0 Å². The van der Waals surface area contributed by atoms with Crippen molar-refractivity contribution in [2.75, 3.05) is 19.8 Å². The van der Waals surface area contributed by atoms with Gasteiger partial charge in [-0.1, -0.05) is 11.3 Å². The Labute approximate surface area is 121 Å². The number of alkyl halides is 3. The van der Waals surface area contributed by atoms with Gasteiger partial charge >= 0.3 is 11.0 Å². The molecule has 0 unspecified atom stereocenters. The summed E-state index contributed by atoms with van der Waals surface area (Å²) >= 11 is 0.978. The minimum absolute atomic E-state index is 0.0669. The molecule has 1 fully saturated rings. The van der Waals surface area contributed by atoms with E-state index >= 15 is 0 Å². The normalized spacial score (nSPS) is 23.0. The van der Waals surface area contributed by atoms with Crippen LogP contribution in [0.15, 0.2) is 10.2 Å². The molecule has 1 aromatic rings. The molecule has 1 aromatic heterocycles. The number of nitrogens with one attached hydrogen (secondary N) is 2. The molecule has 1 aliphatic heterocycles. The summed E-state index contributed by atoms with van der Waals surface area (Å²) in [6.45, 7) is -0.178. The zero-order chi connectivity index (χ0) is 15.5. The van der Waals surface area contributed by atoms with E-state index in [1.54, 1.807) is 5.38 Å². The van der Waals surface area contributed by atoms with Gasteiger partial charge in [0.2, 0.25) is 0 Å². The minimum atomic E-state index is -4.67. The molecule has 0 radical (unpaired) electrons. The van der Waals surface area contributed by atoms with E-state index < -0.39 is 24.3 Å². The summed E-state index contributed by atoms with van der Waals surface area (Å²) in [6, 6.07) is 0. The molecule has 6 nitrogen and oxygen atoms in total. The molecule has 10 heteroatoms. The van der Waals surface area contributed by atoms with Crippen LogP contribution in [0.3, 0.4) is 0 Å². The van der Waals surface area contributed by atoms with Crippen LogP contribution in [-0.2, 0) is 20.7 Å². The molecule has 0 bridgehead atoms. The van der Waals surface area contributed by atoms with E-state index in [1.807, 2.05) is 0 Å². The predicted octanol–water partition coefficient (Wildman–Crippen LogP) is 0.441. The number of carbonyl (C=O) groups is 1. The van der Waals surface area contributed by atoms with E-state index in [1.165, 1.54) is 0 Å². The predicted molar refractivity (Wildman–Crippen MR) is 67.2 cm³/mol. The van der Waals surface area contributed by atoms with Crippen LogP contribution in [0, 0.1) is 0 Å². The maximum atomic E-state index is 12.7. The second-order valence-electron chi connectivity index (χ2n) is 4.34. The van der Waals surface area contributed by atoms with Crippen LogP contribution in [0.4, 0.5) is 13.2 Å². The molecule has 1 amide bonds. The first kappa shape index (κ1) is 16.0. The Hall–Kier alpha value is -1.39. The second kappa shape index (κ2) is 6.58. The third kappa shape index (κ3) is 4.29. The van der Waals surface area contributed by atoms with Crippen molar-refractivity contribution in [2.45, 2.75) is 24.8 Å². The zero-order valence-electron chi connectivity index (χ0n) is 10.7. The summed E-state index contributed by atoms with van der Waals surface area (Å²) in [4.78, 5) is 25.0. The van der Waals surface area contributed by atoms with Crippen LogP contribution in [0.2, 0.25) is 0 Å². The SMILES string of the molecule is O=C(NCCc1csc(=O)[nH]1)[C@H]1OCCO[C@H]1C(F)(F)F. The molecule has 118 valence electrons. The standard InChI is InChI=1S/C11H13F3N2O4S/c12-11(13,14)8-7(19-3-4-20-8)9(17)15-2-1-6-5-21-10(18)16-6/h5,7-8H,1-4H2,(H,15,17)(H,16,18)/t7-,8+/m0/s1. The van der Waals surface area contributed by atoms with Crippen molar-refractivity contribution in [3.8, 4) is 0 Å². The highest BCUT2D eigenvalue weighted by Gasteiger charge is 2.50. The third-order valence-electron chi connectivity index (χ3n) is 2.80. The number of rotatable bonds is 4. The molecule has 1 saturated heterocycles. The Morgan fingerprint density at radius 2 is 2.14 bits per heavy atom. The van der Waals surface area contributed by atoms with Crippen LogP contribution >= 0.6 is 11.3 Å². The third-order valence-corrected chi connectivity index (χ3v) is 3.52. The molecule has 2 atom stereocenters. The lowest BCUT2D eigenvalue weighted by atomic mass is 10.1. The number of hydrogen-bond donors (Lipinski definition) is 2. The van der Waals surface area contributed by atoms with Crippen LogP contribution in [0.1, 0.15) is 5.69 Å². The monoisotopic (exact) mass is 326 g/mol. The molecule has 0 spiro atoms. The number of amides is 1. The zero-order valence-corrected chi connectivity index (χ0v) is 11.6. The molecular formula is C11H13F3N2O4S. The summed E-state index contributed by atoms with van der Waals surface area (Å²) in [5.74, 6) is -0.880. The van der Waals surface area contributed by atoms with Gasteiger partial charge in [0.15, 0.2) is 12.2 Å². The van der Waals surface area contributed by atoms with E-state index in [2.05, 4.69) is 15.0 Å². The Bertz CT molecular complexity index is 542. The van der Waals surface area contributed by atoms with Crippen molar-refractivity contribution in [1.29, 1.82) is 0 Å². The van der Waals surface area contributed by atoms with E-state index in [4.69, 9.17) is 4.74 Å².